The molecule has 6 nitrogen and oxygen atoms in total. The van der Waals surface area contributed by atoms with Gasteiger partial charge in [0.2, 0.25) is 5.91 Å². The number of nitrogens with zero attached hydrogens (tertiary/aromatic N) is 2. The molecule has 0 bridgehead atoms. The van der Waals surface area contributed by atoms with Crippen molar-refractivity contribution in [3.8, 4) is 5.75 Å². The molecule has 0 unspecified atom stereocenters. The van der Waals surface area contributed by atoms with E-state index in [2.05, 4.69) is 4.90 Å². The summed E-state index contributed by atoms with van der Waals surface area (Å²) in [4.78, 5) is 16.9. The highest BCUT2D eigenvalue weighted by Gasteiger charge is 2.39. The van der Waals surface area contributed by atoms with Crippen molar-refractivity contribution in [2.24, 2.45) is 5.73 Å². The molecular weight excluding hydrogens is 342 g/mol. The lowest BCUT2D eigenvalue weighted by atomic mass is 9.89. The molecule has 138 valence electrons. The number of benzene rings is 1. The number of halogens is 1. The number of ether oxygens (including phenoxy) is 2. The van der Waals surface area contributed by atoms with E-state index in [4.69, 9.17) is 26.8 Å². The largest absolute Gasteiger partial charge is 0.491 e. The maximum absolute atomic E-state index is 12.7. The van der Waals surface area contributed by atoms with Crippen molar-refractivity contribution in [1.29, 1.82) is 0 Å². The van der Waals surface area contributed by atoms with Gasteiger partial charge in [-0.1, -0.05) is 23.7 Å². The summed E-state index contributed by atoms with van der Waals surface area (Å²) in [7, 11) is 0. The number of nitrogens with two attached hydrogens (primary N) is 1. The maximum Gasteiger partial charge on any atom is 0.242 e. The maximum atomic E-state index is 12.7. The minimum atomic E-state index is -0.742. The fraction of sp³-hybridized carbons (Fsp3) is 0.611. The molecule has 2 aliphatic rings. The Morgan fingerprint density at radius 1 is 1.20 bits per heavy atom. The number of hydrogen-bond donors (Lipinski definition) is 1. The summed E-state index contributed by atoms with van der Waals surface area (Å²) in [6.07, 6.45) is 1.22. The van der Waals surface area contributed by atoms with Crippen LogP contribution in [-0.4, -0.2) is 73.8 Å². The second-order valence-electron chi connectivity index (χ2n) is 6.68. The molecule has 3 rings (SSSR count). The van der Waals surface area contributed by atoms with Crippen LogP contribution in [0.15, 0.2) is 24.3 Å². The molecule has 7 heteroatoms. The van der Waals surface area contributed by atoms with Gasteiger partial charge >= 0.3 is 0 Å². The van der Waals surface area contributed by atoms with Gasteiger partial charge in [0.05, 0.1) is 10.6 Å². The van der Waals surface area contributed by atoms with Crippen LogP contribution in [0.2, 0.25) is 5.02 Å². The van der Waals surface area contributed by atoms with Crippen LogP contribution < -0.4 is 10.5 Å². The summed E-state index contributed by atoms with van der Waals surface area (Å²) < 4.78 is 11.1. The predicted octanol–water partition coefficient (Wildman–Crippen LogP) is 1.37. The first kappa shape index (κ1) is 18.5. The first-order valence-corrected chi connectivity index (χ1v) is 9.22. The van der Waals surface area contributed by atoms with Gasteiger partial charge in [-0.05, 0) is 25.0 Å². The fourth-order valence-corrected chi connectivity index (χ4v) is 3.48. The van der Waals surface area contributed by atoms with Gasteiger partial charge in [0.1, 0.15) is 12.4 Å². The molecule has 0 radical (unpaired) electrons. The number of carbonyl (C=O) groups excluding carboxylic acids is 1. The van der Waals surface area contributed by atoms with Crippen molar-refractivity contribution in [3.05, 3.63) is 29.3 Å². The van der Waals surface area contributed by atoms with Gasteiger partial charge in [-0.15, -0.1) is 0 Å². The SMILES string of the molecule is NC1(C(=O)N2CCN(CCOc3ccccc3Cl)CC2)CCOCC1. The minimum Gasteiger partial charge on any atom is -0.491 e. The highest BCUT2D eigenvalue weighted by molar-refractivity contribution is 6.32. The molecule has 0 aliphatic carbocycles. The van der Waals surface area contributed by atoms with Crippen molar-refractivity contribution >= 4 is 17.5 Å². The van der Waals surface area contributed by atoms with Gasteiger partial charge in [-0.25, -0.2) is 0 Å². The lowest BCUT2D eigenvalue weighted by Gasteiger charge is -2.40. The van der Waals surface area contributed by atoms with E-state index in [0.717, 1.165) is 19.6 Å². The summed E-state index contributed by atoms with van der Waals surface area (Å²) >= 11 is 6.08. The van der Waals surface area contributed by atoms with Crippen molar-refractivity contribution < 1.29 is 14.3 Å². The van der Waals surface area contributed by atoms with Gasteiger partial charge in [0.25, 0.3) is 0 Å². The summed E-state index contributed by atoms with van der Waals surface area (Å²) in [5, 5.41) is 0.627. The summed E-state index contributed by atoms with van der Waals surface area (Å²) in [6, 6.07) is 7.48. The topological polar surface area (TPSA) is 68.0 Å². The van der Waals surface area contributed by atoms with E-state index < -0.39 is 5.54 Å². The van der Waals surface area contributed by atoms with E-state index in [0.29, 0.717) is 56.5 Å². The van der Waals surface area contributed by atoms with Crippen LogP contribution in [0.5, 0.6) is 5.75 Å². The zero-order chi connectivity index (χ0) is 17.7. The van der Waals surface area contributed by atoms with Gasteiger partial charge in [0, 0.05) is 45.9 Å². The zero-order valence-electron chi connectivity index (χ0n) is 14.5. The number of rotatable bonds is 5. The first-order valence-electron chi connectivity index (χ1n) is 8.84. The van der Waals surface area contributed by atoms with Crippen molar-refractivity contribution in [1.82, 2.24) is 9.80 Å². The quantitative estimate of drug-likeness (QED) is 0.851. The van der Waals surface area contributed by atoms with Crippen LogP contribution >= 0.6 is 11.6 Å². The van der Waals surface area contributed by atoms with Crippen LogP contribution in [0.3, 0.4) is 0 Å². The first-order chi connectivity index (χ1) is 12.1. The van der Waals surface area contributed by atoms with Crippen LogP contribution in [-0.2, 0) is 9.53 Å². The minimum absolute atomic E-state index is 0.0720. The van der Waals surface area contributed by atoms with E-state index in [1.807, 2.05) is 29.2 Å². The molecule has 2 fully saturated rings. The molecule has 25 heavy (non-hydrogen) atoms. The predicted molar refractivity (Wildman–Crippen MR) is 96.9 cm³/mol. The standard InChI is InChI=1S/C18H26ClN3O3/c19-15-3-1-2-4-16(15)25-14-11-21-7-9-22(10-8-21)17(23)18(20)5-12-24-13-6-18/h1-4H,5-14,20H2. The Bertz CT molecular complexity index is 585. The third-order valence-electron chi connectivity index (χ3n) is 4.97. The van der Waals surface area contributed by atoms with E-state index in [1.54, 1.807) is 0 Å². The molecule has 2 N–H and O–H groups in total. The van der Waals surface area contributed by atoms with E-state index in [1.165, 1.54) is 0 Å². The number of para-hydroxylation sites is 1. The second-order valence-corrected chi connectivity index (χ2v) is 7.09. The van der Waals surface area contributed by atoms with Gasteiger partial charge in [-0.3, -0.25) is 9.69 Å². The summed E-state index contributed by atoms with van der Waals surface area (Å²) in [5.41, 5.74) is 5.57. The number of carbonyl (C=O) groups is 1. The Hall–Kier alpha value is -1.34. The average molecular weight is 368 g/mol. The lowest BCUT2D eigenvalue weighted by molar-refractivity contribution is -0.142. The molecule has 0 saturated carbocycles. The second kappa shape index (κ2) is 8.36. The van der Waals surface area contributed by atoms with Gasteiger partial charge in [0.15, 0.2) is 0 Å². The highest BCUT2D eigenvalue weighted by Crippen LogP contribution is 2.23. The molecule has 0 atom stereocenters. The number of hydrogen-bond acceptors (Lipinski definition) is 5. The lowest BCUT2D eigenvalue weighted by Crippen LogP contribution is -2.61. The number of piperazine rings is 1. The Labute approximate surface area is 153 Å². The monoisotopic (exact) mass is 367 g/mol. The van der Waals surface area contributed by atoms with Crippen molar-refractivity contribution in [3.63, 3.8) is 0 Å². The van der Waals surface area contributed by atoms with Crippen LogP contribution in [0.25, 0.3) is 0 Å². The Morgan fingerprint density at radius 3 is 2.56 bits per heavy atom. The molecule has 2 heterocycles. The Kier molecular flexibility index (Phi) is 6.17. The van der Waals surface area contributed by atoms with Crippen LogP contribution in [0.1, 0.15) is 12.8 Å². The number of amides is 1. The van der Waals surface area contributed by atoms with Gasteiger partial charge in [-0.2, -0.15) is 0 Å². The van der Waals surface area contributed by atoms with E-state index in [-0.39, 0.29) is 5.91 Å². The Balaban J connectivity index is 1.41. The summed E-state index contributed by atoms with van der Waals surface area (Å²) in [5.74, 6) is 0.783. The van der Waals surface area contributed by atoms with Crippen molar-refractivity contribution in [2.75, 3.05) is 52.5 Å². The molecular formula is C18H26ClN3O3. The molecule has 1 aromatic carbocycles. The molecule has 1 amide bonds. The molecule has 0 spiro atoms. The molecule has 1 aromatic rings. The normalized spacial score (nSPS) is 21.1. The van der Waals surface area contributed by atoms with Crippen LogP contribution in [0, 0.1) is 0 Å². The summed E-state index contributed by atoms with van der Waals surface area (Å²) in [6.45, 7) is 5.64. The molecule has 2 aliphatic heterocycles. The third kappa shape index (κ3) is 4.64. The fourth-order valence-electron chi connectivity index (χ4n) is 3.29. The van der Waals surface area contributed by atoms with E-state index >= 15 is 0 Å². The smallest absolute Gasteiger partial charge is 0.242 e. The third-order valence-corrected chi connectivity index (χ3v) is 5.28. The van der Waals surface area contributed by atoms with Crippen LogP contribution in [0.4, 0.5) is 0 Å². The highest BCUT2D eigenvalue weighted by atomic mass is 35.5. The molecule has 2 saturated heterocycles. The van der Waals surface area contributed by atoms with Gasteiger partial charge < -0.3 is 20.1 Å². The Morgan fingerprint density at radius 2 is 1.88 bits per heavy atom. The average Bonchev–Trinajstić information content (AvgIpc) is 2.64. The van der Waals surface area contributed by atoms with Crippen molar-refractivity contribution in [2.45, 2.75) is 18.4 Å². The van der Waals surface area contributed by atoms with E-state index in [9.17, 15) is 4.79 Å². The zero-order valence-corrected chi connectivity index (χ0v) is 15.2. The molecule has 0 aromatic heterocycles.